The standard InChI is InChI=1S/C22H34N2O2/c1-3-5-11-19(4-2)22(26)24-16-14-20(15-17-24)23-21(25)13-12-18-9-7-6-8-10-18/h6-10,19-20H,3-5,11-17H2,1-2H3,(H,23,25). The van der Waals surface area contributed by atoms with E-state index in [0.29, 0.717) is 12.3 Å². The zero-order valence-electron chi connectivity index (χ0n) is 16.4. The first-order valence-corrected chi connectivity index (χ1v) is 10.3. The van der Waals surface area contributed by atoms with Crippen LogP contribution in [-0.2, 0) is 16.0 Å². The fourth-order valence-electron chi connectivity index (χ4n) is 3.66. The molecule has 26 heavy (non-hydrogen) atoms. The Morgan fingerprint density at radius 3 is 2.46 bits per heavy atom. The number of amides is 2. The third-order valence-electron chi connectivity index (χ3n) is 5.40. The van der Waals surface area contributed by atoms with E-state index in [4.69, 9.17) is 0 Å². The molecule has 144 valence electrons. The molecule has 1 heterocycles. The Bertz CT molecular complexity index is 551. The molecule has 0 radical (unpaired) electrons. The highest BCUT2D eigenvalue weighted by Gasteiger charge is 2.27. The Morgan fingerprint density at radius 2 is 1.85 bits per heavy atom. The summed E-state index contributed by atoms with van der Waals surface area (Å²) in [6.07, 6.45) is 7.23. The number of unbranched alkanes of at least 4 members (excludes halogenated alkanes) is 1. The molecule has 1 saturated heterocycles. The highest BCUT2D eigenvalue weighted by molar-refractivity contribution is 5.79. The van der Waals surface area contributed by atoms with Gasteiger partial charge in [0.1, 0.15) is 0 Å². The van der Waals surface area contributed by atoms with Gasteiger partial charge in [-0.15, -0.1) is 0 Å². The van der Waals surface area contributed by atoms with Crippen LogP contribution >= 0.6 is 0 Å². The number of likely N-dealkylation sites (tertiary alicyclic amines) is 1. The number of benzene rings is 1. The fourth-order valence-corrected chi connectivity index (χ4v) is 3.66. The van der Waals surface area contributed by atoms with Crippen LogP contribution < -0.4 is 5.32 Å². The summed E-state index contributed by atoms with van der Waals surface area (Å²) in [6, 6.07) is 10.3. The second-order valence-electron chi connectivity index (χ2n) is 7.40. The van der Waals surface area contributed by atoms with Crippen molar-refractivity contribution < 1.29 is 9.59 Å². The van der Waals surface area contributed by atoms with E-state index in [-0.39, 0.29) is 17.9 Å². The van der Waals surface area contributed by atoms with Crippen molar-refractivity contribution in [2.24, 2.45) is 5.92 Å². The summed E-state index contributed by atoms with van der Waals surface area (Å²) in [5.41, 5.74) is 1.20. The molecule has 1 aromatic rings. The first kappa shape index (κ1) is 20.5. The number of rotatable bonds is 9. The SMILES string of the molecule is CCCCC(CC)C(=O)N1CCC(NC(=O)CCc2ccccc2)CC1. The first-order chi connectivity index (χ1) is 12.6. The van der Waals surface area contributed by atoms with E-state index in [2.05, 4.69) is 31.3 Å². The van der Waals surface area contributed by atoms with Crippen molar-refractivity contribution in [3.05, 3.63) is 35.9 Å². The van der Waals surface area contributed by atoms with Crippen molar-refractivity contribution in [1.82, 2.24) is 10.2 Å². The number of carbonyl (C=O) groups is 2. The molecular weight excluding hydrogens is 324 g/mol. The van der Waals surface area contributed by atoms with Crippen LogP contribution in [0.1, 0.15) is 64.4 Å². The number of carbonyl (C=O) groups excluding carboxylic acids is 2. The quantitative estimate of drug-likeness (QED) is 0.727. The van der Waals surface area contributed by atoms with Crippen molar-refractivity contribution in [1.29, 1.82) is 0 Å². The first-order valence-electron chi connectivity index (χ1n) is 10.3. The predicted molar refractivity (Wildman–Crippen MR) is 106 cm³/mol. The van der Waals surface area contributed by atoms with Crippen molar-refractivity contribution in [3.63, 3.8) is 0 Å². The molecule has 2 amide bonds. The molecule has 4 heteroatoms. The van der Waals surface area contributed by atoms with E-state index in [1.807, 2.05) is 23.1 Å². The van der Waals surface area contributed by atoms with Gasteiger partial charge >= 0.3 is 0 Å². The number of piperidine rings is 1. The van der Waals surface area contributed by atoms with Crippen LogP contribution in [0, 0.1) is 5.92 Å². The number of nitrogens with zero attached hydrogens (tertiary/aromatic N) is 1. The second-order valence-corrected chi connectivity index (χ2v) is 7.40. The topological polar surface area (TPSA) is 49.4 Å². The van der Waals surface area contributed by atoms with E-state index < -0.39 is 0 Å². The van der Waals surface area contributed by atoms with Gasteiger partial charge in [0.05, 0.1) is 0 Å². The molecule has 0 aliphatic carbocycles. The van der Waals surface area contributed by atoms with Crippen LogP contribution in [0.2, 0.25) is 0 Å². The van der Waals surface area contributed by atoms with Crippen LogP contribution in [-0.4, -0.2) is 35.8 Å². The maximum atomic E-state index is 12.7. The van der Waals surface area contributed by atoms with Crippen molar-refractivity contribution in [2.45, 2.75) is 71.3 Å². The second kappa shape index (κ2) is 11.0. The maximum absolute atomic E-state index is 12.7. The Labute approximate surface area is 158 Å². The van der Waals surface area contributed by atoms with Crippen LogP contribution in [0.15, 0.2) is 30.3 Å². The van der Waals surface area contributed by atoms with E-state index in [1.54, 1.807) is 0 Å². The molecule has 1 fully saturated rings. The lowest BCUT2D eigenvalue weighted by Gasteiger charge is -2.34. The molecule has 1 aromatic carbocycles. The zero-order valence-corrected chi connectivity index (χ0v) is 16.4. The van der Waals surface area contributed by atoms with Crippen molar-refractivity contribution in [3.8, 4) is 0 Å². The molecule has 4 nitrogen and oxygen atoms in total. The minimum Gasteiger partial charge on any atom is -0.353 e. The Hall–Kier alpha value is -1.84. The van der Waals surface area contributed by atoms with E-state index >= 15 is 0 Å². The third kappa shape index (κ3) is 6.47. The lowest BCUT2D eigenvalue weighted by Crippen LogP contribution is -2.48. The zero-order chi connectivity index (χ0) is 18.8. The van der Waals surface area contributed by atoms with Gasteiger partial charge in [-0.1, -0.05) is 57.0 Å². The predicted octanol–water partition coefficient (Wildman–Crippen LogP) is 3.94. The Kier molecular flexibility index (Phi) is 8.66. The van der Waals surface area contributed by atoms with Gasteiger partial charge in [0.2, 0.25) is 11.8 Å². The molecule has 0 bridgehead atoms. The third-order valence-corrected chi connectivity index (χ3v) is 5.40. The summed E-state index contributed by atoms with van der Waals surface area (Å²) in [5.74, 6) is 0.606. The fraction of sp³-hybridized carbons (Fsp3) is 0.636. The summed E-state index contributed by atoms with van der Waals surface area (Å²) < 4.78 is 0. The summed E-state index contributed by atoms with van der Waals surface area (Å²) in [7, 11) is 0. The van der Waals surface area contributed by atoms with E-state index in [9.17, 15) is 9.59 Å². The minimum absolute atomic E-state index is 0.119. The number of aryl methyl sites for hydroxylation is 1. The van der Waals surface area contributed by atoms with Gasteiger partial charge in [-0.05, 0) is 37.7 Å². The normalized spacial score (nSPS) is 16.3. The van der Waals surface area contributed by atoms with Crippen LogP contribution in [0.25, 0.3) is 0 Å². The van der Waals surface area contributed by atoms with Gasteiger partial charge in [-0.3, -0.25) is 9.59 Å². The average molecular weight is 359 g/mol. The molecular formula is C22H34N2O2. The molecule has 1 aliphatic rings. The van der Waals surface area contributed by atoms with Crippen molar-refractivity contribution in [2.75, 3.05) is 13.1 Å². The lowest BCUT2D eigenvalue weighted by atomic mass is 9.95. The monoisotopic (exact) mass is 358 g/mol. The molecule has 1 aliphatic heterocycles. The smallest absolute Gasteiger partial charge is 0.225 e. The van der Waals surface area contributed by atoms with Crippen LogP contribution in [0.4, 0.5) is 0 Å². The highest BCUT2D eigenvalue weighted by Crippen LogP contribution is 2.19. The molecule has 1 atom stereocenters. The highest BCUT2D eigenvalue weighted by atomic mass is 16.2. The number of hydrogen-bond acceptors (Lipinski definition) is 2. The molecule has 0 aromatic heterocycles. The van der Waals surface area contributed by atoms with Gasteiger partial charge in [0.25, 0.3) is 0 Å². The number of hydrogen-bond donors (Lipinski definition) is 1. The molecule has 1 unspecified atom stereocenters. The van der Waals surface area contributed by atoms with Gasteiger partial charge in [-0.25, -0.2) is 0 Å². The lowest BCUT2D eigenvalue weighted by molar-refractivity contribution is -0.137. The van der Waals surface area contributed by atoms with E-state index in [0.717, 1.165) is 58.0 Å². The van der Waals surface area contributed by atoms with Crippen LogP contribution in [0.3, 0.4) is 0 Å². The summed E-state index contributed by atoms with van der Waals surface area (Å²) in [5, 5.41) is 3.15. The number of nitrogens with one attached hydrogen (secondary N) is 1. The minimum atomic E-state index is 0.119. The Balaban J connectivity index is 1.70. The summed E-state index contributed by atoms with van der Waals surface area (Å²) in [6.45, 7) is 5.82. The summed E-state index contributed by atoms with van der Waals surface area (Å²) in [4.78, 5) is 26.9. The molecule has 2 rings (SSSR count). The van der Waals surface area contributed by atoms with Crippen LogP contribution in [0.5, 0.6) is 0 Å². The summed E-state index contributed by atoms with van der Waals surface area (Å²) >= 11 is 0. The van der Waals surface area contributed by atoms with Gasteiger partial charge in [0.15, 0.2) is 0 Å². The van der Waals surface area contributed by atoms with Gasteiger partial charge < -0.3 is 10.2 Å². The van der Waals surface area contributed by atoms with E-state index in [1.165, 1.54) is 5.56 Å². The largest absolute Gasteiger partial charge is 0.353 e. The average Bonchev–Trinajstić information content (AvgIpc) is 2.68. The van der Waals surface area contributed by atoms with Gasteiger partial charge in [-0.2, -0.15) is 0 Å². The van der Waals surface area contributed by atoms with Crippen molar-refractivity contribution >= 4 is 11.8 Å². The maximum Gasteiger partial charge on any atom is 0.225 e. The molecule has 0 spiro atoms. The molecule has 0 saturated carbocycles. The van der Waals surface area contributed by atoms with Gasteiger partial charge in [0, 0.05) is 31.5 Å². The molecule has 1 N–H and O–H groups in total. The Morgan fingerprint density at radius 1 is 1.15 bits per heavy atom.